The fourth-order valence-corrected chi connectivity index (χ4v) is 15.2. The molecular weight excluding hydrogens is 969 g/mol. The molecule has 1 aromatic carbocycles. The van der Waals surface area contributed by atoms with E-state index in [1.54, 1.807) is 65.0 Å². The summed E-state index contributed by atoms with van der Waals surface area (Å²) in [5, 5.41) is 93.5. The monoisotopic (exact) mass is 1050 g/mol. The highest BCUT2D eigenvalue weighted by atomic mass is 16.8. The van der Waals surface area contributed by atoms with E-state index in [9.17, 15) is 45.6 Å². The molecule has 27 atom stereocenters. The molecule has 8 N–H and O–H groups in total. The van der Waals surface area contributed by atoms with Gasteiger partial charge in [0, 0.05) is 33.5 Å². The molecule has 0 unspecified atom stereocenters. The lowest BCUT2D eigenvalue weighted by Crippen LogP contribution is -2.79. The normalized spacial score (nSPS) is 52.0. The molecule has 0 amide bonds. The highest BCUT2D eigenvalue weighted by Crippen LogP contribution is 2.72. The van der Waals surface area contributed by atoms with Gasteiger partial charge in [-0.05, 0) is 115 Å². The first kappa shape index (κ1) is 56.7. The number of carbonyl (C=O) groups is 1. The minimum absolute atomic E-state index is 0.0184. The third-order valence-electron chi connectivity index (χ3n) is 19.6. The second-order valence-electron chi connectivity index (χ2n) is 23.5. The molecule has 0 bridgehead atoms. The van der Waals surface area contributed by atoms with Gasteiger partial charge in [0.25, 0.3) is 0 Å². The fourth-order valence-electron chi connectivity index (χ4n) is 15.2. The van der Waals surface area contributed by atoms with E-state index in [0.717, 1.165) is 0 Å². The van der Waals surface area contributed by atoms with Crippen molar-refractivity contribution >= 4 is 5.97 Å². The van der Waals surface area contributed by atoms with Gasteiger partial charge in [-0.1, -0.05) is 32.0 Å². The topological polar surface area (TPSA) is 280 Å². The molecule has 20 heteroatoms. The molecule has 74 heavy (non-hydrogen) atoms. The maximum absolute atomic E-state index is 13.7. The SMILES string of the molecule is CO[C@@H]1[C@@H](O)[C@H](O[C@@H]2[C@@H](C)O[C@@H](O[C@H]3[C@@H](O)C[C@H](O[C@H]4[C@@H](O)C[C@H](O[C@H]5CC[C@@]6(C)[C@@H](CC[C@]7(O)[C@@H]6C[C@@H](OC(=O)c6ccccc6)[C@@]6(C)[C@]7(O)CC[C@@]6(O)[C@H](C)O)C5)O[C@@H]4C)O[C@@H]3C)C[C@H]2OC)O[C@H](C)[C@H]1O. The van der Waals surface area contributed by atoms with Crippen LogP contribution in [0.15, 0.2) is 30.3 Å². The molecule has 0 spiro atoms. The maximum atomic E-state index is 13.7. The second-order valence-corrected chi connectivity index (χ2v) is 23.5. The Morgan fingerprint density at radius 3 is 1.82 bits per heavy atom. The van der Waals surface area contributed by atoms with Crippen molar-refractivity contribution in [3.63, 3.8) is 0 Å². The van der Waals surface area contributed by atoms with Gasteiger partial charge in [0.1, 0.15) is 53.9 Å². The molecule has 0 radical (unpaired) electrons. The zero-order valence-electron chi connectivity index (χ0n) is 44.3. The highest BCUT2D eigenvalue weighted by Gasteiger charge is 2.81. The summed E-state index contributed by atoms with van der Waals surface area (Å²) in [4.78, 5) is 13.7. The van der Waals surface area contributed by atoms with E-state index in [0.29, 0.717) is 31.2 Å². The summed E-state index contributed by atoms with van der Waals surface area (Å²) in [6.45, 7) is 12.3. The molecule has 4 aliphatic carbocycles. The van der Waals surface area contributed by atoms with Crippen molar-refractivity contribution in [2.45, 2.75) is 259 Å². The Labute approximate surface area is 434 Å². The molecule has 4 heterocycles. The van der Waals surface area contributed by atoms with Gasteiger partial charge in [0.05, 0.1) is 71.5 Å². The Morgan fingerprint density at radius 1 is 0.649 bits per heavy atom. The van der Waals surface area contributed by atoms with Crippen molar-refractivity contribution in [1.82, 2.24) is 0 Å². The first-order chi connectivity index (χ1) is 34.9. The van der Waals surface area contributed by atoms with Crippen molar-refractivity contribution in [3.8, 4) is 0 Å². The average molecular weight is 1050 g/mol. The van der Waals surface area contributed by atoms with E-state index in [1.165, 1.54) is 21.1 Å². The summed E-state index contributed by atoms with van der Waals surface area (Å²) >= 11 is 0. The van der Waals surface area contributed by atoms with E-state index in [4.69, 9.17) is 52.1 Å². The number of aliphatic hydroxyl groups is 8. The van der Waals surface area contributed by atoms with Crippen LogP contribution in [0.3, 0.4) is 0 Å². The number of benzene rings is 1. The number of carbonyl (C=O) groups excluding carboxylic acids is 1. The van der Waals surface area contributed by atoms with E-state index < -0.39 is 156 Å². The van der Waals surface area contributed by atoms with Crippen LogP contribution >= 0.6 is 0 Å². The van der Waals surface area contributed by atoms with E-state index >= 15 is 0 Å². The van der Waals surface area contributed by atoms with Gasteiger partial charge >= 0.3 is 5.97 Å². The summed E-state index contributed by atoms with van der Waals surface area (Å²) in [6, 6.07) is 8.55. The predicted octanol–water partition coefficient (Wildman–Crippen LogP) is 2.37. The lowest BCUT2D eigenvalue weighted by atomic mass is 9.40. The molecule has 4 saturated carbocycles. The minimum Gasteiger partial charge on any atom is -0.458 e. The van der Waals surface area contributed by atoms with Crippen LogP contribution in [0.4, 0.5) is 0 Å². The molecule has 4 aliphatic heterocycles. The van der Waals surface area contributed by atoms with Crippen LogP contribution < -0.4 is 0 Å². The highest BCUT2D eigenvalue weighted by molar-refractivity contribution is 5.89. The van der Waals surface area contributed by atoms with Crippen LogP contribution in [0.5, 0.6) is 0 Å². The number of hydrogen-bond acceptors (Lipinski definition) is 20. The summed E-state index contributed by atoms with van der Waals surface area (Å²) in [5.74, 6) is -1.07. The third-order valence-corrected chi connectivity index (χ3v) is 19.6. The summed E-state index contributed by atoms with van der Waals surface area (Å²) < 4.78 is 67.5. The Morgan fingerprint density at radius 2 is 1.24 bits per heavy atom. The van der Waals surface area contributed by atoms with Gasteiger partial charge in [0.2, 0.25) is 0 Å². The van der Waals surface area contributed by atoms with Crippen LogP contribution in [0.1, 0.15) is 129 Å². The van der Waals surface area contributed by atoms with Gasteiger partial charge in [-0.25, -0.2) is 4.79 Å². The Hall–Kier alpha value is -2.03. The van der Waals surface area contributed by atoms with Crippen LogP contribution in [-0.2, 0) is 52.1 Å². The second kappa shape index (κ2) is 21.6. The quantitative estimate of drug-likeness (QED) is 0.104. The zero-order valence-corrected chi connectivity index (χ0v) is 44.3. The minimum atomic E-state index is -1.88. The first-order valence-corrected chi connectivity index (χ1v) is 27.1. The van der Waals surface area contributed by atoms with Crippen LogP contribution in [0.25, 0.3) is 0 Å². The van der Waals surface area contributed by atoms with Crippen LogP contribution in [-0.4, -0.2) is 201 Å². The van der Waals surface area contributed by atoms with Crippen molar-refractivity contribution in [2.24, 2.45) is 22.7 Å². The molecular formula is C54H84O20. The van der Waals surface area contributed by atoms with E-state index in [-0.39, 0.29) is 57.0 Å². The smallest absolute Gasteiger partial charge is 0.338 e. The molecule has 0 aromatic heterocycles. The zero-order chi connectivity index (χ0) is 53.4. The first-order valence-electron chi connectivity index (χ1n) is 27.1. The average Bonchev–Trinajstić information content (AvgIpc) is 3.59. The lowest BCUT2D eigenvalue weighted by molar-refractivity contribution is -0.355. The number of ether oxygens (including phenoxy) is 11. The summed E-state index contributed by atoms with van der Waals surface area (Å²) in [6.07, 6.45) is -13.4. The number of fused-ring (bicyclic) bond motifs is 5. The summed E-state index contributed by atoms with van der Waals surface area (Å²) in [5.41, 5.74) is -7.16. The van der Waals surface area contributed by atoms with Gasteiger partial charge in [-0.2, -0.15) is 0 Å². The van der Waals surface area contributed by atoms with Gasteiger partial charge < -0.3 is 93.0 Å². The molecule has 9 rings (SSSR count). The number of aliphatic hydroxyl groups excluding tert-OH is 5. The lowest BCUT2D eigenvalue weighted by Gasteiger charge is -2.69. The van der Waals surface area contributed by atoms with Gasteiger partial charge in [-0.15, -0.1) is 0 Å². The Bertz CT molecular complexity index is 2050. The number of esters is 1. The maximum Gasteiger partial charge on any atom is 0.338 e. The summed E-state index contributed by atoms with van der Waals surface area (Å²) in [7, 11) is 2.93. The third kappa shape index (κ3) is 9.62. The molecule has 420 valence electrons. The van der Waals surface area contributed by atoms with Crippen molar-refractivity contribution < 1.29 is 97.8 Å². The molecule has 20 nitrogen and oxygen atoms in total. The predicted molar refractivity (Wildman–Crippen MR) is 259 cm³/mol. The largest absolute Gasteiger partial charge is 0.458 e. The number of rotatable bonds is 13. The van der Waals surface area contributed by atoms with Crippen LogP contribution in [0, 0.1) is 22.7 Å². The van der Waals surface area contributed by atoms with E-state index in [2.05, 4.69) is 6.92 Å². The number of methoxy groups -OCH3 is 2. The molecule has 1 aromatic rings. The van der Waals surface area contributed by atoms with E-state index in [1.807, 2.05) is 0 Å². The molecule has 8 aliphatic rings. The standard InChI is InChI=1S/C54H84O20/c1-26-42(58)47(65-9)43(59)49(69-26)74-46-29(4)68-41(24-36(46)64-8)73-45-28(3)67-40(23-35(45)57)72-44-27(2)66-39(22-34(44)56)70-33-16-17-50(6)32(21-33)15-18-53(62)37(50)25-38(71-48(60)31-13-11-10-12-14-31)51(7)52(61,30(5)55)19-20-54(51,53)63/h10-14,26-30,32-47,49,55-59,61-63H,15-25H2,1-9H3/t26-,27-,28-,29-,30+,32+,33+,34+,35+,36-,37-,38-,39+,40+,41+,42-,43-,44-,45-,46-,47+,49+,50+,51-,52-,53+,54-/m1/s1. The van der Waals surface area contributed by atoms with Gasteiger partial charge in [-0.3, -0.25) is 0 Å². The Kier molecular flexibility index (Phi) is 16.5. The van der Waals surface area contributed by atoms with Crippen molar-refractivity contribution in [1.29, 1.82) is 0 Å². The molecule has 4 saturated heterocycles. The van der Waals surface area contributed by atoms with Crippen molar-refractivity contribution in [2.75, 3.05) is 14.2 Å². The fraction of sp³-hybridized carbons (Fsp3) is 0.870. The number of hydrogen-bond donors (Lipinski definition) is 8. The molecule has 8 fully saturated rings. The Balaban J connectivity index is 0.781. The van der Waals surface area contributed by atoms with Gasteiger partial charge in [0.15, 0.2) is 25.2 Å². The van der Waals surface area contributed by atoms with Crippen molar-refractivity contribution in [3.05, 3.63) is 35.9 Å². The van der Waals surface area contributed by atoms with Crippen LogP contribution in [0.2, 0.25) is 0 Å².